The van der Waals surface area contributed by atoms with Gasteiger partial charge in [-0.3, -0.25) is 0 Å². The van der Waals surface area contributed by atoms with Gasteiger partial charge in [-0.2, -0.15) is 0 Å². The molecule has 0 aliphatic carbocycles. The van der Waals surface area contributed by atoms with Gasteiger partial charge in [0.15, 0.2) is 0 Å². The summed E-state index contributed by atoms with van der Waals surface area (Å²) in [5.41, 5.74) is 1.82. The van der Waals surface area contributed by atoms with Crippen LogP contribution < -0.4 is 4.74 Å². The second-order valence-electron chi connectivity index (χ2n) is 5.52. The molecule has 1 fully saturated rings. The standard InChI is InChI=1S/C17H16ClNO/c1-19-9-14-12-4-2-3-5-16(12)20-17-7-6-11(18)8-13(17)15(14)10-19/h2-8,14-15H,9-10H2,1H3/t14-,15-/m0/s1/i2D,5D,7D. The van der Waals surface area contributed by atoms with E-state index >= 15 is 0 Å². The minimum atomic E-state index is 0.142. The molecule has 2 nitrogen and oxygen atoms in total. The molecule has 20 heavy (non-hydrogen) atoms. The molecule has 0 radical (unpaired) electrons. The Balaban J connectivity index is 2.00. The fraction of sp³-hybridized carbons (Fsp3) is 0.294. The van der Waals surface area contributed by atoms with Gasteiger partial charge in [-0.05, 0) is 36.8 Å². The monoisotopic (exact) mass is 288 g/mol. The highest BCUT2D eigenvalue weighted by Crippen LogP contribution is 2.49. The van der Waals surface area contributed by atoms with Crippen LogP contribution in [0.4, 0.5) is 0 Å². The zero-order valence-corrected chi connectivity index (χ0v) is 11.9. The van der Waals surface area contributed by atoms with E-state index in [1.165, 1.54) is 6.07 Å². The van der Waals surface area contributed by atoms with Crippen LogP contribution >= 0.6 is 11.6 Å². The van der Waals surface area contributed by atoms with Crippen molar-refractivity contribution in [1.82, 2.24) is 4.90 Å². The van der Waals surface area contributed by atoms with Gasteiger partial charge in [0.05, 0.1) is 4.11 Å². The fourth-order valence-corrected chi connectivity index (χ4v) is 3.49. The van der Waals surface area contributed by atoms with Crippen LogP contribution in [0.25, 0.3) is 0 Å². The zero-order valence-electron chi connectivity index (χ0n) is 14.1. The summed E-state index contributed by atoms with van der Waals surface area (Å²) in [4.78, 5) is 2.24. The smallest absolute Gasteiger partial charge is 0.131 e. The van der Waals surface area contributed by atoms with Crippen molar-refractivity contribution in [3.63, 3.8) is 0 Å². The molecule has 2 aromatic carbocycles. The molecular formula is C17H16ClNO. The van der Waals surface area contributed by atoms with Crippen molar-refractivity contribution in [3.05, 3.63) is 58.5 Å². The molecular weight excluding hydrogens is 270 g/mol. The molecule has 2 aliphatic heterocycles. The zero-order chi connectivity index (χ0) is 16.3. The van der Waals surface area contributed by atoms with Crippen LogP contribution in [-0.2, 0) is 0 Å². The summed E-state index contributed by atoms with van der Waals surface area (Å²) in [6.07, 6.45) is 0. The molecule has 2 aliphatic rings. The third-order valence-corrected chi connectivity index (χ3v) is 4.41. The fourth-order valence-electron chi connectivity index (χ4n) is 3.32. The van der Waals surface area contributed by atoms with Gasteiger partial charge in [-0.1, -0.05) is 29.8 Å². The van der Waals surface area contributed by atoms with Crippen LogP contribution in [0.2, 0.25) is 5.02 Å². The second-order valence-corrected chi connectivity index (χ2v) is 5.96. The largest absolute Gasteiger partial charge is 0.457 e. The van der Waals surface area contributed by atoms with Crippen LogP contribution in [0.15, 0.2) is 42.4 Å². The van der Waals surface area contributed by atoms with Crippen molar-refractivity contribution in [2.45, 2.75) is 11.8 Å². The minimum absolute atomic E-state index is 0.142. The van der Waals surface area contributed by atoms with E-state index in [1.807, 2.05) is 6.07 Å². The number of likely N-dealkylation sites (N-methyl/N-ethyl adjacent to an activating group) is 1. The minimum Gasteiger partial charge on any atom is -0.457 e. The van der Waals surface area contributed by atoms with Crippen molar-refractivity contribution in [2.75, 3.05) is 20.1 Å². The Bertz CT molecular complexity index is 745. The Hall–Kier alpha value is -1.51. The summed E-state index contributed by atoms with van der Waals surface area (Å²) in [6, 6.07) is 7.48. The van der Waals surface area contributed by atoms with E-state index in [2.05, 4.69) is 11.9 Å². The summed E-state index contributed by atoms with van der Waals surface area (Å²) in [6.45, 7) is 1.68. The van der Waals surface area contributed by atoms with E-state index in [9.17, 15) is 0 Å². The van der Waals surface area contributed by atoms with Crippen molar-refractivity contribution in [1.29, 1.82) is 0 Å². The average molecular weight is 289 g/mol. The Labute approximate surface area is 128 Å². The van der Waals surface area contributed by atoms with Crippen molar-refractivity contribution in [2.24, 2.45) is 0 Å². The summed E-state index contributed by atoms with van der Waals surface area (Å²) in [5, 5.41) is 0.531. The predicted octanol–water partition coefficient (Wildman–Crippen LogP) is 4.26. The first-order valence-electron chi connectivity index (χ1n) is 8.21. The van der Waals surface area contributed by atoms with Crippen LogP contribution in [0.5, 0.6) is 11.5 Å². The number of nitrogens with zero attached hydrogens (tertiary/aromatic N) is 1. The van der Waals surface area contributed by atoms with Crippen LogP contribution in [0.1, 0.15) is 27.1 Å². The third kappa shape index (κ3) is 1.83. The van der Waals surface area contributed by atoms with E-state index in [4.69, 9.17) is 20.5 Å². The second kappa shape index (κ2) is 4.51. The molecule has 3 heteroatoms. The molecule has 0 spiro atoms. The number of rotatable bonds is 0. The summed E-state index contributed by atoms with van der Waals surface area (Å²) >= 11 is 6.17. The Morgan fingerprint density at radius 2 is 1.95 bits per heavy atom. The maximum absolute atomic E-state index is 8.22. The SMILES string of the molecule is [2H]c1cc([2H])c2c(c1)[C@@H]1CN(C)C[C@H]1c1cc(Cl)cc([2H])c1O2. The van der Waals surface area contributed by atoms with Gasteiger partial charge in [0, 0.05) is 35.5 Å². The van der Waals surface area contributed by atoms with Gasteiger partial charge in [-0.15, -0.1) is 0 Å². The Kier molecular flexibility index (Phi) is 2.12. The number of para-hydroxylation sites is 1. The number of ether oxygens (including phenoxy) is 1. The molecule has 102 valence electrons. The Morgan fingerprint density at radius 3 is 2.80 bits per heavy atom. The van der Waals surface area contributed by atoms with Gasteiger partial charge in [-0.25, -0.2) is 0 Å². The lowest BCUT2D eigenvalue weighted by Crippen LogP contribution is -2.14. The molecule has 0 saturated carbocycles. The lowest BCUT2D eigenvalue weighted by molar-refractivity contribution is 0.401. The highest BCUT2D eigenvalue weighted by Gasteiger charge is 2.38. The van der Waals surface area contributed by atoms with E-state index < -0.39 is 0 Å². The number of likely N-dealkylation sites (tertiary alicyclic amines) is 1. The van der Waals surface area contributed by atoms with Gasteiger partial charge in [0.25, 0.3) is 0 Å². The molecule has 0 N–H and O–H groups in total. The van der Waals surface area contributed by atoms with Crippen molar-refractivity contribution < 1.29 is 8.85 Å². The normalized spacial score (nSPS) is 26.4. The van der Waals surface area contributed by atoms with Gasteiger partial charge < -0.3 is 9.64 Å². The van der Waals surface area contributed by atoms with Crippen molar-refractivity contribution >= 4 is 11.6 Å². The predicted molar refractivity (Wildman–Crippen MR) is 80.9 cm³/mol. The topological polar surface area (TPSA) is 12.5 Å². The first-order valence-corrected chi connectivity index (χ1v) is 7.09. The molecule has 0 amide bonds. The molecule has 2 atom stereocenters. The van der Waals surface area contributed by atoms with E-state index in [0.29, 0.717) is 22.6 Å². The number of hydrogen-bond acceptors (Lipinski definition) is 2. The van der Waals surface area contributed by atoms with Gasteiger partial charge in [0.1, 0.15) is 11.5 Å². The molecule has 0 bridgehead atoms. The summed E-state index contributed by atoms with van der Waals surface area (Å²) < 4.78 is 30.4. The summed E-state index contributed by atoms with van der Waals surface area (Å²) in [5.74, 6) is 1.26. The first-order chi connectivity index (χ1) is 10.9. The maximum atomic E-state index is 8.22. The van der Waals surface area contributed by atoms with E-state index in [1.54, 1.807) is 12.1 Å². The van der Waals surface area contributed by atoms with Crippen molar-refractivity contribution in [3.8, 4) is 11.5 Å². The maximum Gasteiger partial charge on any atom is 0.131 e. The summed E-state index contributed by atoms with van der Waals surface area (Å²) in [7, 11) is 2.06. The van der Waals surface area contributed by atoms with E-state index in [-0.39, 0.29) is 23.9 Å². The number of fused-ring (bicyclic) bond motifs is 5. The highest BCUT2D eigenvalue weighted by molar-refractivity contribution is 6.30. The molecule has 4 rings (SSSR count). The molecule has 0 unspecified atom stereocenters. The van der Waals surface area contributed by atoms with Crippen LogP contribution in [0, 0.1) is 0 Å². The molecule has 2 aromatic rings. The molecule has 0 aromatic heterocycles. The lowest BCUT2D eigenvalue weighted by Gasteiger charge is -2.17. The van der Waals surface area contributed by atoms with E-state index in [0.717, 1.165) is 24.2 Å². The lowest BCUT2D eigenvalue weighted by atomic mass is 9.84. The van der Waals surface area contributed by atoms with Gasteiger partial charge in [0.2, 0.25) is 0 Å². The first kappa shape index (κ1) is 9.43. The van der Waals surface area contributed by atoms with Crippen LogP contribution in [-0.4, -0.2) is 25.0 Å². The Morgan fingerprint density at radius 1 is 1.20 bits per heavy atom. The van der Waals surface area contributed by atoms with Gasteiger partial charge >= 0.3 is 0 Å². The molecule has 1 saturated heterocycles. The number of hydrogen-bond donors (Lipinski definition) is 0. The number of halogens is 1. The van der Waals surface area contributed by atoms with Crippen LogP contribution in [0.3, 0.4) is 0 Å². The molecule has 2 heterocycles. The number of benzene rings is 2. The quantitative estimate of drug-likeness (QED) is 0.718. The highest BCUT2D eigenvalue weighted by atomic mass is 35.5. The third-order valence-electron chi connectivity index (χ3n) is 4.19. The average Bonchev–Trinajstić information content (AvgIpc) is 2.79.